The van der Waals surface area contributed by atoms with Gasteiger partial charge in [0.2, 0.25) is 0 Å². The van der Waals surface area contributed by atoms with Gasteiger partial charge in [0.15, 0.2) is 0 Å². The summed E-state index contributed by atoms with van der Waals surface area (Å²) in [4.78, 5) is 0. The van der Waals surface area contributed by atoms with Crippen molar-refractivity contribution >= 4 is 69.6 Å². The Kier molecular flexibility index (Phi) is 13.6. The van der Waals surface area contributed by atoms with Crippen molar-refractivity contribution in [2.75, 3.05) is 0 Å². The first-order chi connectivity index (χ1) is 7.46. The fourth-order valence-electron chi connectivity index (χ4n) is 1.05. The Bertz CT molecular complexity index is 178. The summed E-state index contributed by atoms with van der Waals surface area (Å²) in [7, 11) is -4.94. The Hall–Kier alpha value is 3.51. The predicted molar refractivity (Wildman–Crippen MR) is 57.8 cm³/mol. The molecule has 1 aliphatic carbocycles. The van der Waals surface area contributed by atoms with Crippen LogP contribution in [-0.2, 0) is 0 Å². The second-order valence-corrected chi connectivity index (χ2v) is 6.82. The molecule has 0 aromatic carbocycles. The van der Waals surface area contributed by atoms with Crippen molar-refractivity contribution < 1.29 is 80.3 Å². The molecule has 4 nitrogen and oxygen atoms in total. The topological polar surface area (TPSA) is 92.2 Å². The van der Waals surface area contributed by atoms with Crippen molar-refractivity contribution in [2.45, 2.75) is 32.3 Å². The first-order valence-electron chi connectivity index (χ1n) is 3.93. The van der Waals surface area contributed by atoms with E-state index in [1.165, 1.54) is 0 Å². The maximum Gasteiger partial charge on any atom is 1.00 e. The average molecular weight is 429 g/mol. The Morgan fingerprint density at radius 3 is 0.611 bits per heavy atom. The number of halogens is 7. The van der Waals surface area contributed by atoms with Gasteiger partial charge in [-0.1, -0.05) is 0 Å². The van der Waals surface area contributed by atoms with Gasteiger partial charge in [0, 0.05) is 0 Å². The summed E-state index contributed by atoms with van der Waals surface area (Å²) < 4.78 is 34.0. The Balaban J connectivity index is 0. The van der Waals surface area contributed by atoms with Gasteiger partial charge in [0.1, 0.15) is 0 Å². The largest absolute Gasteiger partial charge is 1.00 e. The summed E-state index contributed by atoms with van der Waals surface area (Å²) in [6.45, 7) is 0. The molecule has 0 aliphatic heterocycles. The number of rotatable bonds is 0. The van der Waals surface area contributed by atoms with Gasteiger partial charge in [-0.25, -0.2) is 18.6 Å². The van der Waals surface area contributed by atoms with E-state index in [-0.39, 0.29) is 51.4 Å². The van der Waals surface area contributed by atoms with Crippen LogP contribution < -0.4 is 70.0 Å². The van der Waals surface area contributed by atoms with Gasteiger partial charge >= 0.3 is 51.4 Å². The van der Waals surface area contributed by atoms with E-state index in [0.29, 0.717) is 0 Å². The van der Waals surface area contributed by atoms with Crippen LogP contribution in [0, 0.1) is 10.2 Å². The Morgan fingerprint density at radius 2 is 0.556 bits per heavy atom. The van der Waals surface area contributed by atoms with Gasteiger partial charge in [0.05, 0.1) is 32.3 Å². The minimum absolute atomic E-state index is 0. The van der Waals surface area contributed by atoms with Crippen LogP contribution in [0.15, 0.2) is 0 Å². The molecule has 0 aromatic rings. The fourth-order valence-corrected chi connectivity index (χ4v) is 3.38. The maximum absolute atomic E-state index is 8.49. The molecular weight excluding hydrogens is 423 g/mol. The molecule has 0 spiro atoms. The SMILES string of the molecule is Cl[C@H]1[C@H](Cl)[C@@H](Cl)[C@@H](Cl)[C@H](Cl)[C@H]1Cl.[K+].[O-][Cl+3]([O-])([O-])[O-]. The second kappa shape index (κ2) is 10.3. The molecule has 0 radical (unpaired) electrons. The van der Waals surface area contributed by atoms with E-state index in [1.807, 2.05) is 0 Å². The molecule has 0 bridgehead atoms. The van der Waals surface area contributed by atoms with E-state index in [0.717, 1.165) is 0 Å². The van der Waals surface area contributed by atoms with Crippen molar-refractivity contribution in [1.82, 2.24) is 0 Å². The zero-order chi connectivity index (χ0) is 14.0. The molecule has 0 atom stereocenters. The zero-order valence-electron chi connectivity index (χ0n) is 8.74. The third-order valence-corrected chi connectivity index (χ3v) is 5.86. The molecule has 0 unspecified atom stereocenters. The minimum Gasteiger partial charge on any atom is -0.222 e. The van der Waals surface area contributed by atoms with Gasteiger partial charge in [-0.15, -0.1) is 79.8 Å². The van der Waals surface area contributed by atoms with Crippen LogP contribution in [0.4, 0.5) is 0 Å². The van der Waals surface area contributed by atoms with E-state index < -0.39 is 42.5 Å². The zero-order valence-corrected chi connectivity index (χ0v) is 17.2. The molecule has 0 amide bonds. The third kappa shape index (κ3) is 8.83. The molecule has 104 valence electrons. The third-order valence-electron chi connectivity index (χ3n) is 1.83. The summed E-state index contributed by atoms with van der Waals surface area (Å²) in [6.07, 6.45) is 0. The predicted octanol–water partition coefficient (Wildman–Crippen LogP) is -4.11. The molecule has 1 saturated carbocycles. The molecule has 1 fully saturated rings. The van der Waals surface area contributed by atoms with Crippen LogP contribution in [-0.4, -0.2) is 32.3 Å². The Morgan fingerprint density at radius 1 is 0.500 bits per heavy atom. The molecule has 1 rings (SSSR count). The molecule has 12 heteroatoms. The fraction of sp³-hybridized carbons (Fsp3) is 1.00. The van der Waals surface area contributed by atoms with Crippen LogP contribution in [0.25, 0.3) is 0 Å². The molecule has 0 heterocycles. The number of hydrogen-bond donors (Lipinski definition) is 0. The average Bonchev–Trinajstić information content (AvgIpc) is 2.18. The summed E-state index contributed by atoms with van der Waals surface area (Å²) >= 11 is 35.3. The normalized spacial score (nSPS) is 40.3. The molecule has 18 heavy (non-hydrogen) atoms. The summed E-state index contributed by atoms with van der Waals surface area (Å²) in [5, 5.41) is -2.62. The number of alkyl halides is 6. The number of hydrogen-bond acceptors (Lipinski definition) is 4. The van der Waals surface area contributed by atoms with Gasteiger partial charge in [0.25, 0.3) is 0 Å². The molecule has 0 aromatic heterocycles. The van der Waals surface area contributed by atoms with Crippen LogP contribution in [0.1, 0.15) is 0 Å². The van der Waals surface area contributed by atoms with E-state index in [1.54, 1.807) is 0 Å². The van der Waals surface area contributed by atoms with Crippen molar-refractivity contribution in [3.05, 3.63) is 0 Å². The van der Waals surface area contributed by atoms with Crippen LogP contribution in [0.2, 0.25) is 0 Å². The van der Waals surface area contributed by atoms with Crippen molar-refractivity contribution in [3.8, 4) is 0 Å². The molecular formula is C6H6Cl7KO4. The van der Waals surface area contributed by atoms with Crippen molar-refractivity contribution in [3.63, 3.8) is 0 Å². The molecule has 1 aliphatic rings. The minimum atomic E-state index is -4.94. The first-order valence-corrected chi connectivity index (χ1v) is 7.78. The van der Waals surface area contributed by atoms with E-state index in [4.69, 9.17) is 88.2 Å². The first kappa shape index (κ1) is 23.8. The van der Waals surface area contributed by atoms with E-state index >= 15 is 0 Å². The standard InChI is InChI=1S/C6H6Cl6.ClHO4.K/c7-1-2(8)4(10)6(12)5(11)3(1)9;2-1(3,4)5;/h1-6H;(H,2,3,4,5);/q;;+1/p-1/t1-,2-,3-,4+,5+,6+;;. The van der Waals surface area contributed by atoms with E-state index in [2.05, 4.69) is 0 Å². The van der Waals surface area contributed by atoms with Crippen LogP contribution >= 0.6 is 69.6 Å². The summed E-state index contributed by atoms with van der Waals surface area (Å²) in [5.41, 5.74) is 0. The van der Waals surface area contributed by atoms with Gasteiger partial charge in [-0.2, -0.15) is 0 Å². The summed E-state index contributed by atoms with van der Waals surface area (Å²) in [6, 6.07) is 0. The smallest absolute Gasteiger partial charge is 0.222 e. The quantitative estimate of drug-likeness (QED) is 0.289. The monoisotopic (exact) mass is 426 g/mol. The Labute approximate surface area is 179 Å². The summed E-state index contributed by atoms with van der Waals surface area (Å²) in [5.74, 6) is 0. The second-order valence-electron chi connectivity index (χ2n) is 3.04. The van der Waals surface area contributed by atoms with Crippen molar-refractivity contribution in [1.29, 1.82) is 0 Å². The molecule has 0 saturated heterocycles. The van der Waals surface area contributed by atoms with Crippen molar-refractivity contribution in [2.24, 2.45) is 0 Å². The molecule has 0 N–H and O–H groups in total. The van der Waals surface area contributed by atoms with Gasteiger partial charge < -0.3 is 0 Å². The maximum atomic E-state index is 8.49. The van der Waals surface area contributed by atoms with Crippen LogP contribution in [0.3, 0.4) is 0 Å². The van der Waals surface area contributed by atoms with Gasteiger partial charge in [-0.3, -0.25) is 0 Å². The van der Waals surface area contributed by atoms with Crippen LogP contribution in [0.5, 0.6) is 0 Å². The van der Waals surface area contributed by atoms with E-state index in [9.17, 15) is 0 Å². The van der Waals surface area contributed by atoms with Gasteiger partial charge in [-0.05, 0) is 0 Å².